The molecule has 0 fully saturated rings. The third-order valence-electron chi connectivity index (χ3n) is 4.11. The number of amides is 1. The van der Waals surface area contributed by atoms with Gasteiger partial charge in [-0.2, -0.15) is 0 Å². The summed E-state index contributed by atoms with van der Waals surface area (Å²) in [4.78, 5) is 28.9. The molecule has 0 aliphatic carbocycles. The number of thiazole rings is 1. The summed E-state index contributed by atoms with van der Waals surface area (Å²) >= 11 is 1.38. The van der Waals surface area contributed by atoms with Crippen molar-refractivity contribution in [3.8, 4) is 11.5 Å². The Hall–Kier alpha value is -3.13. The molecule has 3 aromatic rings. The van der Waals surface area contributed by atoms with Crippen LogP contribution in [0.4, 0.5) is 5.13 Å². The van der Waals surface area contributed by atoms with Gasteiger partial charge in [0, 0.05) is 0 Å². The lowest BCUT2D eigenvalue weighted by molar-refractivity contribution is -0.119. The van der Waals surface area contributed by atoms with E-state index < -0.39 is 18.5 Å². The van der Waals surface area contributed by atoms with Gasteiger partial charge in [-0.25, -0.2) is 9.78 Å². The smallest absolute Gasteiger partial charge is 0.338 e. The van der Waals surface area contributed by atoms with Crippen molar-refractivity contribution in [1.29, 1.82) is 0 Å². The highest BCUT2D eigenvalue weighted by atomic mass is 32.1. The van der Waals surface area contributed by atoms with Crippen LogP contribution in [-0.2, 0) is 9.53 Å². The van der Waals surface area contributed by atoms with E-state index in [-0.39, 0.29) is 5.56 Å². The minimum atomic E-state index is -0.625. The number of aryl methyl sites for hydroxylation is 2. The number of anilines is 1. The molecule has 0 radical (unpaired) electrons. The highest BCUT2D eigenvalue weighted by Gasteiger charge is 2.15. The fourth-order valence-electron chi connectivity index (χ4n) is 2.87. The molecule has 152 valence electrons. The summed E-state index contributed by atoms with van der Waals surface area (Å²) in [6.45, 7) is 5.84. The average Bonchev–Trinajstić information content (AvgIpc) is 3.08. The summed E-state index contributed by atoms with van der Waals surface area (Å²) in [6, 6.07) is 8.77. The molecule has 1 N–H and O–H groups in total. The molecule has 1 aromatic heterocycles. The molecule has 29 heavy (non-hydrogen) atoms. The van der Waals surface area contributed by atoms with Gasteiger partial charge in [-0.15, -0.1) is 0 Å². The Morgan fingerprint density at radius 3 is 2.66 bits per heavy atom. The highest BCUT2D eigenvalue weighted by molar-refractivity contribution is 7.22. The zero-order chi connectivity index (χ0) is 21.0. The van der Waals surface area contributed by atoms with Crippen LogP contribution in [0.5, 0.6) is 11.5 Å². The number of aromatic nitrogens is 1. The topological polar surface area (TPSA) is 86.8 Å². The van der Waals surface area contributed by atoms with Gasteiger partial charge < -0.3 is 14.2 Å². The van der Waals surface area contributed by atoms with Crippen molar-refractivity contribution in [3.05, 3.63) is 47.0 Å². The van der Waals surface area contributed by atoms with Gasteiger partial charge >= 0.3 is 5.97 Å². The van der Waals surface area contributed by atoms with Crippen molar-refractivity contribution >= 4 is 38.6 Å². The number of rotatable bonds is 7. The fraction of sp³-hybridized carbons (Fsp3) is 0.286. The first-order valence-electron chi connectivity index (χ1n) is 9.07. The van der Waals surface area contributed by atoms with E-state index >= 15 is 0 Å². The Kier molecular flexibility index (Phi) is 6.33. The lowest BCUT2D eigenvalue weighted by Gasteiger charge is -2.11. The maximum atomic E-state index is 12.3. The Bertz CT molecular complexity index is 1060. The quantitative estimate of drug-likeness (QED) is 0.586. The van der Waals surface area contributed by atoms with Crippen LogP contribution in [0.1, 0.15) is 28.4 Å². The summed E-state index contributed by atoms with van der Waals surface area (Å²) < 4.78 is 16.8. The standard InChI is InChI=1S/C21H22N2O5S/c1-5-27-16-10-14(6-7-15(16)26-4)20(25)28-11-18(24)22-21-23-19-13(3)8-12(2)9-17(19)29-21/h6-10H,5,11H2,1-4H3,(H,22,23,24). The fourth-order valence-corrected chi connectivity index (χ4v) is 3.92. The Morgan fingerprint density at radius 1 is 1.14 bits per heavy atom. The van der Waals surface area contributed by atoms with E-state index in [2.05, 4.69) is 10.3 Å². The van der Waals surface area contributed by atoms with Gasteiger partial charge in [0.2, 0.25) is 0 Å². The van der Waals surface area contributed by atoms with Crippen LogP contribution in [0.15, 0.2) is 30.3 Å². The molecule has 0 saturated carbocycles. The number of carbonyl (C=O) groups excluding carboxylic acids is 2. The first-order valence-corrected chi connectivity index (χ1v) is 9.88. The van der Waals surface area contributed by atoms with E-state index in [1.54, 1.807) is 12.1 Å². The minimum Gasteiger partial charge on any atom is -0.493 e. The third-order valence-corrected chi connectivity index (χ3v) is 5.03. The number of hydrogen-bond donors (Lipinski definition) is 1. The zero-order valence-electron chi connectivity index (χ0n) is 16.7. The minimum absolute atomic E-state index is 0.271. The highest BCUT2D eigenvalue weighted by Crippen LogP contribution is 2.30. The van der Waals surface area contributed by atoms with Crippen LogP contribution in [0.2, 0.25) is 0 Å². The predicted octanol–water partition coefficient (Wildman–Crippen LogP) is 4.12. The summed E-state index contributed by atoms with van der Waals surface area (Å²) in [5.41, 5.74) is 3.31. The van der Waals surface area contributed by atoms with Crippen LogP contribution in [-0.4, -0.2) is 37.2 Å². The summed E-state index contributed by atoms with van der Waals surface area (Å²) in [6.07, 6.45) is 0. The molecule has 0 spiro atoms. The number of benzene rings is 2. The summed E-state index contributed by atoms with van der Waals surface area (Å²) in [5.74, 6) is -0.124. The number of fused-ring (bicyclic) bond motifs is 1. The molecule has 2 aromatic carbocycles. The van der Waals surface area contributed by atoms with E-state index in [1.807, 2.05) is 32.9 Å². The van der Waals surface area contributed by atoms with Crippen molar-refractivity contribution in [1.82, 2.24) is 4.98 Å². The van der Waals surface area contributed by atoms with E-state index in [9.17, 15) is 9.59 Å². The van der Waals surface area contributed by atoms with Crippen LogP contribution in [0.25, 0.3) is 10.2 Å². The van der Waals surface area contributed by atoms with Crippen molar-refractivity contribution in [3.63, 3.8) is 0 Å². The summed E-state index contributed by atoms with van der Waals surface area (Å²) in [5, 5.41) is 3.15. The van der Waals surface area contributed by atoms with Crippen molar-refractivity contribution in [2.75, 3.05) is 25.6 Å². The van der Waals surface area contributed by atoms with E-state index in [4.69, 9.17) is 14.2 Å². The molecule has 1 heterocycles. The number of methoxy groups -OCH3 is 1. The molecule has 0 saturated heterocycles. The Labute approximate surface area is 172 Å². The number of nitrogens with zero attached hydrogens (tertiary/aromatic N) is 1. The first kappa shape index (κ1) is 20.6. The Balaban J connectivity index is 1.62. The number of hydrogen-bond acceptors (Lipinski definition) is 7. The summed E-state index contributed by atoms with van der Waals surface area (Å²) in [7, 11) is 1.52. The van der Waals surface area contributed by atoms with Gasteiger partial charge in [0.1, 0.15) is 0 Å². The SMILES string of the molecule is CCOc1cc(C(=O)OCC(=O)Nc2nc3c(C)cc(C)cc3s2)ccc1OC. The Morgan fingerprint density at radius 2 is 1.93 bits per heavy atom. The van der Waals surface area contributed by atoms with Gasteiger partial charge in [0.15, 0.2) is 23.2 Å². The van der Waals surface area contributed by atoms with Crippen molar-refractivity contribution in [2.45, 2.75) is 20.8 Å². The maximum Gasteiger partial charge on any atom is 0.338 e. The number of ether oxygens (including phenoxy) is 3. The molecule has 0 aliphatic rings. The van der Waals surface area contributed by atoms with Gasteiger partial charge in [0.05, 0.1) is 29.5 Å². The van der Waals surface area contributed by atoms with Gasteiger partial charge in [0.25, 0.3) is 5.91 Å². The predicted molar refractivity (Wildman–Crippen MR) is 112 cm³/mol. The van der Waals surface area contributed by atoms with Crippen molar-refractivity contribution < 1.29 is 23.8 Å². The number of nitrogens with one attached hydrogen (secondary N) is 1. The molecule has 0 unspecified atom stereocenters. The monoisotopic (exact) mass is 414 g/mol. The van der Waals surface area contributed by atoms with Crippen LogP contribution >= 0.6 is 11.3 Å². The van der Waals surface area contributed by atoms with Crippen LogP contribution < -0.4 is 14.8 Å². The average molecular weight is 414 g/mol. The van der Waals surface area contributed by atoms with E-state index in [0.29, 0.717) is 23.2 Å². The lowest BCUT2D eigenvalue weighted by atomic mass is 10.1. The van der Waals surface area contributed by atoms with Gasteiger partial charge in [-0.1, -0.05) is 17.4 Å². The number of esters is 1. The molecule has 0 atom stereocenters. The van der Waals surface area contributed by atoms with Crippen LogP contribution in [0.3, 0.4) is 0 Å². The second-order valence-electron chi connectivity index (χ2n) is 6.37. The molecule has 7 nitrogen and oxygen atoms in total. The first-order chi connectivity index (χ1) is 13.9. The third kappa shape index (κ3) is 4.83. The van der Waals surface area contributed by atoms with Gasteiger partial charge in [-0.05, 0) is 56.2 Å². The largest absolute Gasteiger partial charge is 0.493 e. The second-order valence-corrected chi connectivity index (χ2v) is 7.40. The normalized spacial score (nSPS) is 10.6. The molecular formula is C21H22N2O5S. The van der Waals surface area contributed by atoms with Crippen molar-refractivity contribution in [2.24, 2.45) is 0 Å². The number of carbonyl (C=O) groups is 2. The maximum absolute atomic E-state index is 12.3. The zero-order valence-corrected chi connectivity index (χ0v) is 17.5. The van der Waals surface area contributed by atoms with E-state index in [1.165, 1.54) is 24.5 Å². The lowest BCUT2D eigenvalue weighted by Crippen LogP contribution is -2.20. The van der Waals surface area contributed by atoms with Gasteiger partial charge in [-0.3, -0.25) is 10.1 Å². The second kappa shape index (κ2) is 8.91. The molecule has 8 heteroatoms. The van der Waals surface area contributed by atoms with Crippen LogP contribution in [0, 0.1) is 13.8 Å². The molecular weight excluding hydrogens is 392 g/mol. The molecule has 0 aliphatic heterocycles. The molecule has 1 amide bonds. The molecule has 0 bridgehead atoms. The molecule has 3 rings (SSSR count). The van der Waals surface area contributed by atoms with E-state index in [0.717, 1.165) is 21.3 Å².